The molecule has 19 heavy (non-hydrogen) atoms. The summed E-state index contributed by atoms with van der Waals surface area (Å²) in [7, 11) is 1.32. The van der Waals surface area contributed by atoms with Gasteiger partial charge in [-0.2, -0.15) is 0 Å². The van der Waals surface area contributed by atoms with Crippen LogP contribution in [0.1, 0.15) is 13.8 Å². The number of aromatic nitrogens is 2. The Bertz CT molecular complexity index is 439. The molecule has 1 atom stereocenters. The zero-order chi connectivity index (χ0) is 14.3. The molecule has 0 fully saturated rings. The second-order valence-electron chi connectivity index (χ2n) is 3.32. The Morgan fingerprint density at radius 2 is 2.21 bits per heavy atom. The summed E-state index contributed by atoms with van der Waals surface area (Å²) >= 11 is 4.13. The highest BCUT2D eigenvalue weighted by Gasteiger charge is 2.17. The van der Waals surface area contributed by atoms with E-state index in [9.17, 15) is 9.59 Å². The lowest BCUT2D eigenvalue weighted by atomic mass is 10.4. The predicted molar refractivity (Wildman–Crippen MR) is 78.9 cm³/mol. The van der Waals surface area contributed by atoms with Crippen LogP contribution in [0.25, 0.3) is 0 Å². The van der Waals surface area contributed by atoms with Gasteiger partial charge in [-0.15, -0.1) is 22.0 Å². The van der Waals surface area contributed by atoms with Gasteiger partial charge in [0.25, 0.3) is 0 Å². The molecule has 9 heteroatoms. The van der Waals surface area contributed by atoms with Crippen molar-refractivity contribution in [1.29, 1.82) is 0 Å². The highest BCUT2D eigenvalue weighted by Crippen LogP contribution is 2.25. The number of methoxy groups -OCH3 is 1. The Balaban J connectivity index is 2.42. The van der Waals surface area contributed by atoms with Crippen LogP contribution in [0.15, 0.2) is 4.34 Å². The van der Waals surface area contributed by atoms with Crippen LogP contribution >= 0.6 is 34.9 Å². The first kappa shape index (κ1) is 16.3. The summed E-state index contributed by atoms with van der Waals surface area (Å²) in [5.74, 6) is 0.520. The molecule has 0 saturated carbocycles. The SMILES string of the molecule is CCSc1nnc(NC(=O)C(C)SCC(=O)OC)s1. The Morgan fingerprint density at radius 3 is 2.84 bits per heavy atom. The maximum absolute atomic E-state index is 11.8. The van der Waals surface area contributed by atoms with E-state index < -0.39 is 0 Å². The molecule has 6 nitrogen and oxygen atoms in total. The van der Waals surface area contributed by atoms with Crippen molar-refractivity contribution in [2.24, 2.45) is 0 Å². The number of anilines is 1. The molecule has 0 saturated heterocycles. The summed E-state index contributed by atoms with van der Waals surface area (Å²) in [4.78, 5) is 22.8. The fraction of sp³-hybridized carbons (Fsp3) is 0.600. The highest BCUT2D eigenvalue weighted by atomic mass is 32.2. The third-order valence-corrected chi connectivity index (χ3v) is 4.92. The Labute approximate surface area is 124 Å². The van der Waals surface area contributed by atoms with Crippen molar-refractivity contribution in [3.8, 4) is 0 Å². The maximum Gasteiger partial charge on any atom is 0.315 e. The van der Waals surface area contributed by atoms with Crippen molar-refractivity contribution in [2.45, 2.75) is 23.4 Å². The Kier molecular flexibility index (Phi) is 7.17. The van der Waals surface area contributed by atoms with Crippen molar-refractivity contribution in [3.05, 3.63) is 0 Å². The van der Waals surface area contributed by atoms with Crippen LogP contribution < -0.4 is 5.32 Å². The third kappa shape index (κ3) is 5.79. The van der Waals surface area contributed by atoms with Gasteiger partial charge in [-0.1, -0.05) is 30.0 Å². The van der Waals surface area contributed by atoms with Crippen molar-refractivity contribution < 1.29 is 14.3 Å². The number of esters is 1. The van der Waals surface area contributed by atoms with Crippen LogP contribution in [0.4, 0.5) is 5.13 Å². The van der Waals surface area contributed by atoms with Gasteiger partial charge < -0.3 is 4.74 Å². The number of hydrogen-bond acceptors (Lipinski definition) is 8. The summed E-state index contributed by atoms with van der Waals surface area (Å²) < 4.78 is 5.34. The molecule has 1 N–H and O–H groups in total. The van der Waals surface area contributed by atoms with Crippen molar-refractivity contribution >= 4 is 51.9 Å². The van der Waals surface area contributed by atoms with E-state index in [2.05, 4.69) is 20.3 Å². The molecule has 0 aliphatic heterocycles. The number of carbonyl (C=O) groups is 2. The van der Waals surface area contributed by atoms with E-state index in [1.807, 2.05) is 6.92 Å². The fourth-order valence-corrected chi connectivity index (χ4v) is 3.34. The van der Waals surface area contributed by atoms with Gasteiger partial charge in [0, 0.05) is 0 Å². The zero-order valence-corrected chi connectivity index (χ0v) is 13.3. The van der Waals surface area contributed by atoms with E-state index in [1.54, 1.807) is 18.7 Å². The standard InChI is InChI=1S/C10H15N3O3S3/c1-4-17-10-13-12-9(19-10)11-8(15)6(2)18-5-7(14)16-3/h6H,4-5H2,1-3H3,(H,11,12,15). The minimum Gasteiger partial charge on any atom is -0.468 e. The van der Waals surface area contributed by atoms with Gasteiger partial charge in [0.15, 0.2) is 4.34 Å². The molecular weight excluding hydrogens is 306 g/mol. The van der Waals surface area contributed by atoms with Crippen molar-refractivity contribution in [3.63, 3.8) is 0 Å². The lowest BCUT2D eigenvalue weighted by Gasteiger charge is -2.08. The number of nitrogens with zero attached hydrogens (tertiary/aromatic N) is 2. The van der Waals surface area contributed by atoms with Gasteiger partial charge >= 0.3 is 5.97 Å². The van der Waals surface area contributed by atoms with Crippen LogP contribution in [-0.2, 0) is 14.3 Å². The Hall–Kier alpha value is -0.800. The topological polar surface area (TPSA) is 81.2 Å². The molecule has 106 valence electrons. The monoisotopic (exact) mass is 321 g/mol. The molecule has 1 amide bonds. The van der Waals surface area contributed by atoms with Crippen LogP contribution in [0.3, 0.4) is 0 Å². The molecular formula is C10H15N3O3S3. The quantitative estimate of drug-likeness (QED) is 0.466. The molecule has 1 rings (SSSR count). The van der Waals surface area contributed by atoms with Gasteiger partial charge in [0.2, 0.25) is 11.0 Å². The molecule has 1 unspecified atom stereocenters. The largest absolute Gasteiger partial charge is 0.468 e. The van der Waals surface area contributed by atoms with E-state index >= 15 is 0 Å². The maximum atomic E-state index is 11.8. The molecule has 0 aliphatic carbocycles. The third-order valence-electron chi connectivity index (χ3n) is 1.95. The first-order valence-corrected chi connectivity index (χ1v) is 8.37. The molecule has 0 spiro atoms. The summed E-state index contributed by atoms with van der Waals surface area (Å²) in [6, 6.07) is 0. The Morgan fingerprint density at radius 1 is 1.47 bits per heavy atom. The van der Waals surface area contributed by atoms with Crippen molar-refractivity contribution in [1.82, 2.24) is 10.2 Å². The predicted octanol–water partition coefficient (Wildman–Crippen LogP) is 1.88. The molecule has 1 heterocycles. The van der Waals surface area contributed by atoms with Crippen LogP contribution in [-0.4, -0.2) is 45.9 Å². The van der Waals surface area contributed by atoms with Crippen LogP contribution in [0, 0.1) is 0 Å². The average Bonchev–Trinajstić information content (AvgIpc) is 2.83. The van der Waals surface area contributed by atoms with E-state index in [0.29, 0.717) is 5.13 Å². The average molecular weight is 321 g/mol. The molecule has 0 aliphatic rings. The van der Waals surface area contributed by atoms with E-state index in [-0.39, 0.29) is 22.9 Å². The first-order chi connectivity index (χ1) is 9.06. The number of thioether (sulfide) groups is 2. The second kappa shape index (κ2) is 8.39. The summed E-state index contributed by atoms with van der Waals surface area (Å²) in [6.45, 7) is 3.75. The molecule has 1 aromatic rings. The molecule has 0 aromatic carbocycles. The van der Waals surface area contributed by atoms with Crippen LogP contribution in [0.5, 0.6) is 0 Å². The highest BCUT2D eigenvalue weighted by molar-refractivity contribution is 8.01. The normalized spacial score (nSPS) is 11.9. The molecule has 0 radical (unpaired) electrons. The summed E-state index contributed by atoms with van der Waals surface area (Å²) in [5, 5.41) is 10.6. The van der Waals surface area contributed by atoms with Gasteiger partial charge in [-0.05, 0) is 12.7 Å². The molecule has 0 bridgehead atoms. The van der Waals surface area contributed by atoms with Gasteiger partial charge in [-0.25, -0.2) is 0 Å². The van der Waals surface area contributed by atoms with Gasteiger partial charge in [0.1, 0.15) is 0 Å². The number of carbonyl (C=O) groups excluding carboxylic acids is 2. The summed E-state index contributed by atoms with van der Waals surface area (Å²) in [5.41, 5.74) is 0. The number of amides is 1. The molecule has 1 aromatic heterocycles. The van der Waals surface area contributed by atoms with Crippen molar-refractivity contribution in [2.75, 3.05) is 23.9 Å². The van der Waals surface area contributed by atoms with E-state index in [4.69, 9.17) is 0 Å². The minimum atomic E-state index is -0.356. The van der Waals surface area contributed by atoms with Gasteiger partial charge in [0.05, 0.1) is 18.1 Å². The lowest BCUT2D eigenvalue weighted by Crippen LogP contribution is -2.23. The number of nitrogens with one attached hydrogen (secondary N) is 1. The first-order valence-electron chi connectivity index (χ1n) is 5.52. The van der Waals surface area contributed by atoms with Gasteiger partial charge in [-0.3, -0.25) is 14.9 Å². The lowest BCUT2D eigenvalue weighted by molar-refractivity contribution is -0.137. The fourth-order valence-electron chi connectivity index (χ4n) is 0.977. The minimum absolute atomic E-state index is 0.151. The van der Waals surface area contributed by atoms with Crippen LogP contribution in [0.2, 0.25) is 0 Å². The summed E-state index contributed by atoms with van der Waals surface area (Å²) in [6.07, 6.45) is 0. The number of ether oxygens (including phenoxy) is 1. The number of rotatable bonds is 7. The smallest absolute Gasteiger partial charge is 0.315 e. The van der Waals surface area contributed by atoms with E-state index in [1.165, 1.54) is 30.2 Å². The number of hydrogen-bond donors (Lipinski definition) is 1. The second-order valence-corrected chi connectivity index (χ2v) is 7.14. The van der Waals surface area contributed by atoms with E-state index in [0.717, 1.165) is 10.1 Å². The zero-order valence-electron chi connectivity index (χ0n) is 10.8.